The first-order chi connectivity index (χ1) is 11.2. The monoisotopic (exact) mass is 327 g/mol. The van der Waals surface area contributed by atoms with E-state index in [2.05, 4.69) is 46.7 Å². The molecule has 23 heavy (non-hydrogen) atoms. The summed E-state index contributed by atoms with van der Waals surface area (Å²) >= 11 is 6.12. The molecule has 0 radical (unpaired) electrons. The van der Waals surface area contributed by atoms with Crippen molar-refractivity contribution < 1.29 is 4.42 Å². The second-order valence-electron chi connectivity index (χ2n) is 5.43. The summed E-state index contributed by atoms with van der Waals surface area (Å²) in [4.78, 5) is 0. The minimum Gasteiger partial charge on any atom is -0.408 e. The standard InChI is InChI=1S/C18H18ClN3O/c1-13-6-8-14(9-7-13)10-11-17-21-22-18(23-17)20-12-15-4-2-3-5-16(15)19/h2-9H,10-12H2,1H3,(H,20,22). The van der Waals surface area contributed by atoms with Crippen molar-refractivity contribution in [3.05, 3.63) is 76.1 Å². The number of nitrogens with one attached hydrogen (secondary N) is 1. The van der Waals surface area contributed by atoms with Crippen LogP contribution in [0.4, 0.5) is 6.01 Å². The predicted molar refractivity (Wildman–Crippen MR) is 91.7 cm³/mol. The molecule has 0 aliphatic heterocycles. The van der Waals surface area contributed by atoms with Crippen LogP contribution in [0.1, 0.15) is 22.6 Å². The number of halogens is 1. The Kier molecular flexibility index (Phi) is 4.93. The third-order valence-electron chi connectivity index (χ3n) is 3.60. The molecule has 0 aliphatic carbocycles. The Morgan fingerprint density at radius 1 is 1.00 bits per heavy atom. The Bertz CT molecular complexity index is 768. The number of rotatable bonds is 6. The number of benzene rings is 2. The molecule has 3 aromatic rings. The van der Waals surface area contributed by atoms with Crippen LogP contribution in [0.15, 0.2) is 52.9 Å². The van der Waals surface area contributed by atoms with E-state index in [-0.39, 0.29) is 0 Å². The number of nitrogens with zero attached hydrogens (tertiary/aromatic N) is 2. The van der Waals surface area contributed by atoms with Crippen LogP contribution in [0.5, 0.6) is 0 Å². The number of hydrogen-bond acceptors (Lipinski definition) is 4. The molecule has 0 spiro atoms. The van der Waals surface area contributed by atoms with Gasteiger partial charge in [0.2, 0.25) is 5.89 Å². The van der Waals surface area contributed by atoms with Gasteiger partial charge in [0, 0.05) is 18.0 Å². The average Bonchev–Trinajstić information content (AvgIpc) is 3.02. The maximum atomic E-state index is 6.12. The van der Waals surface area contributed by atoms with E-state index in [4.69, 9.17) is 16.0 Å². The number of aryl methyl sites for hydroxylation is 3. The molecule has 118 valence electrons. The van der Waals surface area contributed by atoms with Gasteiger partial charge in [-0.2, -0.15) is 0 Å². The molecule has 0 atom stereocenters. The van der Waals surface area contributed by atoms with Crippen LogP contribution in [-0.4, -0.2) is 10.2 Å². The molecule has 0 bridgehead atoms. The Morgan fingerprint density at radius 3 is 2.57 bits per heavy atom. The van der Waals surface area contributed by atoms with E-state index in [0.717, 1.165) is 23.4 Å². The van der Waals surface area contributed by atoms with Gasteiger partial charge in [-0.05, 0) is 30.5 Å². The third kappa shape index (κ3) is 4.33. The first-order valence-electron chi connectivity index (χ1n) is 7.56. The second-order valence-corrected chi connectivity index (χ2v) is 5.84. The van der Waals surface area contributed by atoms with Gasteiger partial charge in [0.25, 0.3) is 0 Å². The fraction of sp³-hybridized carbons (Fsp3) is 0.222. The first kappa shape index (κ1) is 15.6. The summed E-state index contributed by atoms with van der Waals surface area (Å²) in [5.41, 5.74) is 3.52. The molecule has 5 heteroatoms. The molecular formula is C18H18ClN3O. The summed E-state index contributed by atoms with van der Waals surface area (Å²) in [6, 6.07) is 16.6. The van der Waals surface area contributed by atoms with Crippen molar-refractivity contribution in [3.63, 3.8) is 0 Å². The number of aromatic nitrogens is 2. The molecule has 1 aromatic heterocycles. The lowest BCUT2D eigenvalue weighted by Gasteiger charge is -2.03. The summed E-state index contributed by atoms with van der Waals surface area (Å²) in [5, 5.41) is 11.9. The molecule has 0 aliphatic rings. The fourth-order valence-electron chi connectivity index (χ4n) is 2.24. The maximum absolute atomic E-state index is 6.12. The van der Waals surface area contributed by atoms with Gasteiger partial charge in [-0.15, -0.1) is 5.10 Å². The van der Waals surface area contributed by atoms with E-state index in [0.29, 0.717) is 18.5 Å². The predicted octanol–water partition coefficient (Wildman–Crippen LogP) is 4.43. The maximum Gasteiger partial charge on any atom is 0.315 e. The summed E-state index contributed by atoms with van der Waals surface area (Å²) in [7, 11) is 0. The summed E-state index contributed by atoms with van der Waals surface area (Å²) in [6.07, 6.45) is 1.61. The van der Waals surface area contributed by atoms with Crippen LogP contribution in [0.2, 0.25) is 5.02 Å². The minimum atomic E-state index is 0.420. The molecular weight excluding hydrogens is 310 g/mol. The van der Waals surface area contributed by atoms with Gasteiger partial charge < -0.3 is 9.73 Å². The van der Waals surface area contributed by atoms with Crippen molar-refractivity contribution in [1.82, 2.24) is 10.2 Å². The second kappa shape index (κ2) is 7.29. The van der Waals surface area contributed by atoms with Crippen LogP contribution in [-0.2, 0) is 19.4 Å². The van der Waals surface area contributed by atoms with Crippen molar-refractivity contribution in [2.45, 2.75) is 26.3 Å². The Balaban J connectivity index is 1.53. The van der Waals surface area contributed by atoms with Crippen molar-refractivity contribution in [3.8, 4) is 0 Å². The lowest BCUT2D eigenvalue weighted by molar-refractivity contribution is 0.503. The summed E-state index contributed by atoms with van der Waals surface area (Å²) < 4.78 is 5.61. The van der Waals surface area contributed by atoms with Crippen LogP contribution < -0.4 is 5.32 Å². The zero-order valence-electron chi connectivity index (χ0n) is 12.9. The molecule has 0 fully saturated rings. The zero-order chi connectivity index (χ0) is 16.1. The van der Waals surface area contributed by atoms with Crippen LogP contribution in [0, 0.1) is 6.92 Å². The van der Waals surface area contributed by atoms with E-state index in [1.165, 1.54) is 11.1 Å². The Labute approximate surface area is 140 Å². The highest BCUT2D eigenvalue weighted by Crippen LogP contribution is 2.17. The van der Waals surface area contributed by atoms with E-state index >= 15 is 0 Å². The highest BCUT2D eigenvalue weighted by atomic mass is 35.5. The molecule has 4 nitrogen and oxygen atoms in total. The zero-order valence-corrected chi connectivity index (χ0v) is 13.7. The topological polar surface area (TPSA) is 51.0 Å². The van der Waals surface area contributed by atoms with Crippen molar-refractivity contribution in [2.75, 3.05) is 5.32 Å². The average molecular weight is 328 g/mol. The smallest absolute Gasteiger partial charge is 0.315 e. The number of anilines is 1. The lowest BCUT2D eigenvalue weighted by atomic mass is 10.1. The van der Waals surface area contributed by atoms with E-state index in [9.17, 15) is 0 Å². The van der Waals surface area contributed by atoms with Crippen molar-refractivity contribution >= 4 is 17.6 Å². The van der Waals surface area contributed by atoms with E-state index < -0.39 is 0 Å². The van der Waals surface area contributed by atoms with Crippen molar-refractivity contribution in [2.24, 2.45) is 0 Å². The lowest BCUT2D eigenvalue weighted by Crippen LogP contribution is -2.00. The van der Waals surface area contributed by atoms with Gasteiger partial charge >= 0.3 is 6.01 Å². The largest absolute Gasteiger partial charge is 0.408 e. The molecule has 0 saturated carbocycles. The summed E-state index contributed by atoms with van der Waals surface area (Å²) in [6.45, 7) is 2.64. The van der Waals surface area contributed by atoms with Gasteiger partial charge in [-0.3, -0.25) is 0 Å². The molecule has 0 amide bonds. The van der Waals surface area contributed by atoms with E-state index in [1.807, 2.05) is 24.3 Å². The summed E-state index contributed by atoms with van der Waals surface area (Å²) in [5.74, 6) is 0.632. The van der Waals surface area contributed by atoms with Gasteiger partial charge in [0.1, 0.15) is 0 Å². The van der Waals surface area contributed by atoms with Gasteiger partial charge in [-0.1, -0.05) is 64.7 Å². The first-order valence-corrected chi connectivity index (χ1v) is 7.94. The SMILES string of the molecule is Cc1ccc(CCc2nnc(NCc3ccccc3Cl)o2)cc1. The highest BCUT2D eigenvalue weighted by Gasteiger charge is 2.07. The molecule has 1 N–H and O–H groups in total. The third-order valence-corrected chi connectivity index (χ3v) is 3.97. The normalized spacial score (nSPS) is 10.7. The van der Waals surface area contributed by atoms with Crippen LogP contribution in [0.3, 0.4) is 0 Å². The minimum absolute atomic E-state index is 0.420. The van der Waals surface area contributed by atoms with Crippen LogP contribution in [0.25, 0.3) is 0 Å². The molecule has 3 rings (SSSR count). The molecule has 2 aromatic carbocycles. The highest BCUT2D eigenvalue weighted by molar-refractivity contribution is 6.31. The fourth-order valence-corrected chi connectivity index (χ4v) is 2.45. The Morgan fingerprint density at radius 2 is 1.78 bits per heavy atom. The van der Waals surface area contributed by atoms with Gasteiger partial charge in [0.05, 0.1) is 0 Å². The molecule has 0 unspecified atom stereocenters. The van der Waals surface area contributed by atoms with Crippen LogP contribution >= 0.6 is 11.6 Å². The number of hydrogen-bond donors (Lipinski definition) is 1. The molecule has 1 heterocycles. The van der Waals surface area contributed by atoms with E-state index in [1.54, 1.807) is 0 Å². The Hall–Kier alpha value is -2.33. The van der Waals surface area contributed by atoms with Gasteiger partial charge in [0.15, 0.2) is 0 Å². The quantitative estimate of drug-likeness (QED) is 0.727. The molecule has 0 saturated heterocycles. The van der Waals surface area contributed by atoms with Gasteiger partial charge in [-0.25, -0.2) is 0 Å². The van der Waals surface area contributed by atoms with Crippen molar-refractivity contribution in [1.29, 1.82) is 0 Å².